The Kier molecular flexibility index (Phi) is 10.7. The average Bonchev–Trinajstić information content (AvgIpc) is 3.28. The van der Waals surface area contributed by atoms with E-state index in [-0.39, 0.29) is 11.6 Å². The molecule has 0 atom stereocenters. The van der Waals surface area contributed by atoms with E-state index in [2.05, 4.69) is 45.7 Å². The van der Waals surface area contributed by atoms with Crippen molar-refractivity contribution >= 4 is 66.1 Å². The van der Waals surface area contributed by atoms with Crippen molar-refractivity contribution in [2.45, 2.75) is 104 Å². The predicted molar refractivity (Wildman–Crippen MR) is 145 cm³/mol. The van der Waals surface area contributed by atoms with Crippen molar-refractivity contribution in [3.63, 3.8) is 0 Å². The minimum atomic E-state index is 0.0369. The van der Waals surface area contributed by atoms with Gasteiger partial charge in [0.05, 0.1) is 18.7 Å². The molecule has 0 aliphatic heterocycles. The topological polar surface area (TPSA) is 34.1 Å². The number of halogens is 2. The Hall–Kier alpha value is -0.300. The van der Waals surface area contributed by atoms with E-state index in [0.29, 0.717) is 22.3 Å². The number of aryl methyl sites for hydroxylation is 2. The third kappa shape index (κ3) is 6.03. The van der Waals surface area contributed by atoms with Crippen LogP contribution in [0.3, 0.4) is 0 Å². The van der Waals surface area contributed by atoms with Crippen LogP contribution in [-0.4, -0.2) is 11.6 Å². The SMILES string of the molecule is CCCCCCCCc1sc(CCCCCCCC)c2c1C(=O)c1c(Br)sc(Br)c1C2=O. The largest absolute Gasteiger partial charge is 0.288 e. The summed E-state index contributed by atoms with van der Waals surface area (Å²) in [6.07, 6.45) is 16.6. The van der Waals surface area contributed by atoms with Gasteiger partial charge in [0.1, 0.15) is 0 Å². The molecule has 0 fully saturated rings. The van der Waals surface area contributed by atoms with Crippen molar-refractivity contribution in [1.82, 2.24) is 0 Å². The van der Waals surface area contributed by atoms with Crippen molar-refractivity contribution in [3.05, 3.63) is 39.6 Å². The fourth-order valence-corrected chi connectivity index (χ4v) is 9.04. The molecule has 0 N–H and O–H groups in total. The fourth-order valence-electron chi connectivity index (χ4n) is 4.53. The monoisotopic (exact) mass is 600 g/mol. The van der Waals surface area contributed by atoms with Crippen LogP contribution in [-0.2, 0) is 12.8 Å². The molecule has 0 saturated heterocycles. The van der Waals surface area contributed by atoms with Gasteiger partial charge in [-0.3, -0.25) is 9.59 Å². The van der Waals surface area contributed by atoms with Crippen LogP contribution in [0.15, 0.2) is 7.57 Å². The zero-order chi connectivity index (χ0) is 23.1. The molecule has 0 spiro atoms. The van der Waals surface area contributed by atoms with Gasteiger partial charge in [0.25, 0.3) is 0 Å². The van der Waals surface area contributed by atoms with Gasteiger partial charge in [-0.05, 0) is 57.5 Å². The van der Waals surface area contributed by atoms with E-state index in [4.69, 9.17) is 0 Å². The molecule has 2 nitrogen and oxygen atoms in total. The van der Waals surface area contributed by atoms with Gasteiger partial charge in [0.2, 0.25) is 0 Å². The van der Waals surface area contributed by atoms with E-state index in [9.17, 15) is 9.59 Å². The molecule has 2 heterocycles. The molecule has 32 heavy (non-hydrogen) atoms. The number of carbonyl (C=O) groups is 2. The maximum absolute atomic E-state index is 13.6. The summed E-state index contributed by atoms with van der Waals surface area (Å²) >= 11 is 10.2. The third-order valence-electron chi connectivity index (χ3n) is 6.30. The quantitative estimate of drug-likeness (QED) is 0.172. The summed E-state index contributed by atoms with van der Waals surface area (Å²) in [5.41, 5.74) is 2.56. The standard InChI is InChI=1S/C26H34Br2O2S2/c1-3-5-7-9-11-13-15-17-19-20(18(31-17)16-14-12-10-8-6-4-2)24(30)22-21(23(19)29)25(27)32-26(22)28/h3-16H2,1-2H3. The van der Waals surface area contributed by atoms with Gasteiger partial charge in [-0.25, -0.2) is 0 Å². The zero-order valence-corrected chi connectivity index (χ0v) is 24.1. The summed E-state index contributed by atoms with van der Waals surface area (Å²) in [5.74, 6) is 0.0738. The van der Waals surface area contributed by atoms with Crippen LogP contribution >= 0.6 is 54.5 Å². The zero-order valence-electron chi connectivity index (χ0n) is 19.3. The molecule has 0 unspecified atom stereocenters. The highest BCUT2D eigenvalue weighted by molar-refractivity contribution is 9.12. The molecule has 1 aliphatic rings. The Bertz CT molecular complexity index is 871. The van der Waals surface area contributed by atoms with Crippen LogP contribution in [0.5, 0.6) is 0 Å². The minimum Gasteiger partial charge on any atom is -0.288 e. The number of ketones is 2. The van der Waals surface area contributed by atoms with Gasteiger partial charge in [0.15, 0.2) is 11.6 Å². The van der Waals surface area contributed by atoms with Crippen molar-refractivity contribution in [3.8, 4) is 0 Å². The first-order valence-corrected chi connectivity index (χ1v) is 15.4. The van der Waals surface area contributed by atoms with Crippen LogP contribution in [0.1, 0.15) is 132 Å². The molecule has 0 amide bonds. The highest BCUT2D eigenvalue weighted by Crippen LogP contribution is 2.46. The first-order chi connectivity index (χ1) is 15.5. The molecule has 0 aromatic carbocycles. The highest BCUT2D eigenvalue weighted by Gasteiger charge is 2.39. The van der Waals surface area contributed by atoms with E-state index < -0.39 is 0 Å². The van der Waals surface area contributed by atoms with Gasteiger partial charge >= 0.3 is 0 Å². The van der Waals surface area contributed by atoms with Crippen LogP contribution in [0, 0.1) is 0 Å². The van der Waals surface area contributed by atoms with Gasteiger partial charge in [-0.15, -0.1) is 22.7 Å². The second kappa shape index (κ2) is 13.0. The van der Waals surface area contributed by atoms with Crippen LogP contribution in [0.25, 0.3) is 0 Å². The summed E-state index contributed by atoms with van der Waals surface area (Å²) < 4.78 is 1.52. The summed E-state index contributed by atoms with van der Waals surface area (Å²) in [4.78, 5) is 29.4. The summed E-state index contributed by atoms with van der Waals surface area (Å²) in [6, 6.07) is 0. The third-order valence-corrected chi connectivity index (χ3v) is 10.1. The molecule has 0 radical (unpaired) electrons. The van der Waals surface area contributed by atoms with Crippen molar-refractivity contribution in [1.29, 1.82) is 0 Å². The molecule has 2 aromatic heterocycles. The number of hydrogen-bond donors (Lipinski definition) is 0. The average molecular weight is 602 g/mol. The number of unbranched alkanes of at least 4 members (excludes halogenated alkanes) is 10. The van der Waals surface area contributed by atoms with Crippen LogP contribution in [0.4, 0.5) is 0 Å². The summed E-state index contributed by atoms with van der Waals surface area (Å²) in [6.45, 7) is 4.47. The maximum Gasteiger partial charge on any atom is 0.197 e. The molecule has 2 aromatic rings. The Morgan fingerprint density at radius 3 is 1.31 bits per heavy atom. The van der Waals surface area contributed by atoms with Crippen molar-refractivity contribution in [2.24, 2.45) is 0 Å². The van der Waals surface area contributed by atoms with E-state index in [1.807, 2.05) is 0 Å². The molecule has 1 aliphatic carbocycles. The first kappa shape index (κ1) is 26.3. The molecule has 6 heteroatoms. The molecule has 0 saturated carbocycles. The van der Waals surface area contributed by atoms with Gasteiger partial charge in [-0.1, -0.05) is 78.1 Å². The maximum atomic E-state index is 13.6. The molecular formula is C26H34Br2O2S2. The number of thiophene rings is 2. The smallest absolute Gasteiger partial charge is 0.197 e. The molecule has 0 bridgehead atoms. The number of rotatable bonds is 14. The van der Waals surface area contributed by atoms with Crippen LogP contribution in [0.2, 0.25) is 0 Å². The number of hydrogen-bond acceptors (Lipinski definition) is 4. The Morgan fingerprint density at radius 1 is 0.531 bits per heavy atom. The number of carbonyl (C=O) groups excluding carboxylic acids is 2. The Labute approximate surface area is 217 Å². The lowest BCUT2D eigenvalue weighted by atomic mass is 9.85. The van der Waals surface area contributed by atoms with E-state index in [1.165, 1.54) is 75.5 Å². The minimum absolute atomic E-state index is 0.0369. The van der Waals surface area contributed by atoms with Crippen LogP contribution < -0.4 is 0 Å². The number of fused-ring (bicyclic) bond motifs is 2. The van der Waals surface area contributed by atoms with Crippen molar-refractivity contribution < 1.29 is 9.59 Å². The lowest BCUT2D eigenvalue weighted by Crippen LogP contribution is -2.20. The Balaban J connectivity index is 1.80. The predicted octanol–water partition coefficient (Wildman–Crippen LogP) is 9.92. The fraction of sp³-hybridized carbons (Fsp3) is 0.615. The molecule has 3 rings (SSSR count). The summed E-state index contributed by atoms with van der Waals surface area (Å²) in [7, 11) is 0. The van der Waals surface area contributed by atoms with E-state index >= 15 is 0 Å². The van der Waals surface area contributed by atoms with Crippen molar-refractivity contribution in [2.75, 3.05) is 0 Å². The second-order valence-electron chi connectivity index (χ2n) is 8.79. The normalized spacial score (nSPS) is 13.0. The lowest BCUT2D eigenvalue weighted by molar-refractivity contribution is 0.0978. The van der Waals surface area contributed by atoms with Gasteiger partial charge in [-0.2, -0.15) is 0 Å². The second-order valence-corrected chi connectivity index (χ2v) is 13.6. The Morgan fingerprint density at radius 2 is 0.906 bits per heavy atom. The summed E-state index contributed by atoms with van der Waals surface area (Å²) in [5, 5.41) is 0. The first-order valence-electron chi connectivity index (χ1n) is 12.2. The lowest BCUT2D eigenvalue weighted by Gasteiger charge is -2.15. The highest BCUT2D eigenvalue weighted by atomic mass is 79.9. The van der Waals surface area contributed by atoms with E-state index in [1.54, 1.807) is 11.3 Å². The molecular weight excluding hydrogens is 568 g/mol. The van der Waals surface area contributed by atoms with E-state index in [0.717, 1.165) is 43.0 Å². The van der Waals surface area contributed by atoms with Gasteiger partial charge < -0.3 is 0 Å². The molecule has 176 valence electrons. The van der Waals surface area contributed by atoms with Gasteiger partial charge in [0, 0.05) is 20.9 Å².